The molecule has 8 nitrogen and oxygen atoms in total. The van der Waals surface area contributed by atoms with E-state index in [1.807, 2.05) is 25.2 Å². The molecule has 0 radical (unpaired) electrons. The van der Waals surface area contributed by atoms with Crippen molar-refractivity contribution in [1.82, 2.24) is 24.4 Å². The van der Waals surface area contributed by atoms with E-state index in [4.69, 9.17) is 0 Å². The number of aryl methyl sites for hydroxylation is 1. The van der Waals surface area contributed by atoms with E-state index in [0.717, 1.165) is 16.5 Å². The number of benzene rings is 1. The molecule has 0 saturated carbocycles. The number of nitrogens with zero attached hydrogens (tertiary/aromatic N) is 5. The molecule has 0 saturated heterocycles. The van der Waals surface area contributed by atoms with Crippen LogP contribution < -0.4 is 5.56 Å². The number of fused-ring (bicyclic) bond motifs is 2. The molecule has 1 aromatic carbocycles. The Kier molecular flexibility index (Phi) is 3.54. The highest BCUT2D eigenvalue weighted by Crippen LogP contribution is 2.23. The Morgan fingerprint density at radius 2 is 2.04 bits per heavy atom. The smallest absolute Gasteiger partial charge is 0.282 e. The van der Waals surface area contributed by atoms with Crippen molar-refractivity contribution in [3.05, 3.63) is 52.6 Å². The Morgan fingerprint density at radius 1 is 1.23 bits per heavy atom. The van der Waals surface area contributed by atoms with Gasteiger partial charge in [0.2, 0.25) is 0 Å². The van der Waals surface area contributed by atoms with Gasteiger partial charge in [0.1, 0.15) is 5.56 Å². The summed E-state index contributed by atoms with van der Waals surface area (Å²) in [7, 11) is 1.87. The van der Waals surface area contributed by atoms with Gasteiger partial charge in [-0.05, 0) is 26.0 Å². The third kappa shape index (κ3) is 2.52. The molecule has 26 heavy (non-hydrogen) atoms. The summed E-state index contributed by atoms with van der Waals surface area (Å²) in [6, 6.07) is 7.16. The van der Waals surface area contributed by atoms with Gasteiger partial charge in [0.15, 0.2) is 5.65 Å². The predicted molar refractivity (Wildman–Crippen MR) is 98.6 cm³/mol. The summed E-state index contributed by atoms with van der Waals surface area (Å²) in [6.45, 7) is 3.47. The minimum Gasteiger partial charge on any atom is -0.296 e. The molecule has 1 N–H and O–H groups in total. The van der Waals surface area contributed by atoms with Gasteiger partial charge in [-0.25, -0.2) is 14.5 Å². The Hall–Kier alpha value is -3.55. The Bertz CT molecular complexity index is 1250. The summed E-state index contributed by atoms with van der Waals surface area (Å²) in [5, 5.41) is 7.93. The maximum atomic E-state index is 12.4. The summed E-state index contributed by atoms with van der Waals surface area (Å²) < 4.78 is 3.01. The van der Waals surface area contributed by atoms with Crippen molar-refractivity contribution >= 4 is 28.2 Å². The van der Waals surface area contributed by atoms with Crippen molar-refractivity contribution in [3.8, 4) is 11.3 Å². The van der Waals surface area contributed by atoms with Crippen LogP contribution in [0.2, 0.25) is 0 Å². The van der Waals surface area contributed by atoms with Crippen LogP contribution in [0.15, 0.2) is 46.4 Å². The lowest BCUT2D eigenvalue weighted by Crippen LogP contribution is -2.15. The third-order valence-electron chi connectivity index (χ3n) is 4.10. The van der Waals surface area contributed by atoms with Gasteiger partial charge in [0, 0.05) is 36.0 Å². The predicted octanol–water partition coefficient (Wildman–Crippen LogP) is 2.20. The van der Waals surface area contributed by atoms with Gasteiger partial charge in [-0.2, -0.15) is 5.10 Å². The second-order valence-electron chi connectivity index (χ2n) is 6.23. The van der Waals surface area contributed by atoms with Crippen LogP contribution in [-0.4, -0.2) is 36.0 Å². The second kappa shape index (κ2) is 5.76. The molecular weight excluding hydrogens is 332 g/mol. The highest BCUT2D eigenvalue weighted by atomic mass is 16.1. The van der Waals surface area contributed by atoms with Crippen LogP contribution in [0.25, 0.3) is 27.8 Å². The number of nitrogens with one attached hydrogen (secondary N) is 1. The first-order valence-electron chi connectivity index (χ1n) is 8.03. The normalized spacial score (nSPS) is 11.2. The maximum absolute atomic E-state index is 12.4. The zero-order valence-corrected chi connectivity index (χ0v) is 14.5. The minimum atomic E-state index is -0.435. The van der Waals surface area contributed by atoms with E-state index >= 15 is 0 Å². The van der Waals surface area contributed by atoms with Crippen molar-refractivity contribution in [3.63, 3.8) is 0 Å². The van der Waals surface area contributed by atoms with Crippen molar-refractivity contribution in [2.75, 3.05) is 0 Å². The average Bonchev–Trinajstić information content (AvgIpc) is 3.18. The SMILES string of the molecule is CC(C)=NC(=O)c1c[nH]n2c(=O)cc(-c3ccc4c(cnn4C)c3)nc12. The first kappa shape index (κ1) is 15.9. The summed E-state index contributed by atoms with van der Waals surface area (Å²) in [5.41, 5.74) is 3.10. The standard InChI is InChI=1S/C18H16N6O2/c1-10(2)21-18(26)13-9-20-24-16(25)7-14(22-17(13)24)11-4-5-15-12(6-11)8-19-23(15)3/h4-9,20H,1-3H3. The highest BCUT2D eigenvalue weighted by Gasteiger charge is 2.16. The molecule has 8 heteroatoms. The Labute approximate surface area is 147 Å². The van der Waals surface area contributed by atoms with Crippen LogP contribution >= 0.6 is 0 Å². The molecule has 0 aliphatic carbocycles. The van der Waals surface area contributed by atoms with E-state index in [1.54, 1.807) is 24.7 Å². The van der Waals surface area contributed by atoms with Crippen molar-refractivity contribution < 1.29 is 4.79 Å². The molecular formula is C18H16N6O2. The number of aliphatic imine (C=N–C) groups is 1. The van der Waals surface area contributed by atoms with E-state index in [0.29, 0.717) is 11.4 Å². The van der Waals surface area contributed by atoms with Gasteiger partial charge in [-0.3, -0.25) is 19.4 Å². The second-order valence-corrected chi connectivity index (χ2v) is 6.23. The Morgan fingerprint density at radius 3 is 2.81 bits per heavy atom. The fraction of sp³-hybridized carbons (Fsp3) is 0.167. The topological polar surface area (TPSA) is 97.4 Å². The molecule has 130 valence electrons. The van der Waals surface area contributed by atoms with E-state index in [9.17, 15) is 9.59 Å². The lowest BCUT2D eigenvalue weighted by molar-refractivity contribution is 0.100. The van der Waals surface area contributed by atoms with Gasteiger partial charge in [-0.1, -0.05) is 6.07 Å². The van der Waals surface area contributed by atoms with E-state index < -0.39 is 5.91 Å². The highest BCUT2D eigenvalue weighted by molar-refractivity contribution is 6.06. The molecule has 3 aromatic heterocycles. The van der Waals surface area contributed by atoms with E-state index in [2.05, 4.69) is 20.2 Å². The lowest BCUT2D eigenvalue weighted by atomic mass is 10.1. The van der Waals surface area contributed by atoms with Crippen molar-refractivity contribution in [2.45, 2.75) is 13.8 Å². The van der Waals surface area contributed by atoms with Crippen molar-refractivity contribution in [1.29, 1.82) is 0 Å². The zero-order chi connectivity index (χ0) is 18.4. The molecule has 0 spiro atoms. The van der Waals surface area contributed by atoms with Gasteiger partial charge < -0.3 is 0 Å². The summed E-state index contributed by atoms with van der Waals surface area (Å²) >= 11 is 0. The molecule has 0 unspecified atom stereocenters. The van der Waals surface area contributed by atoms with Crippen LogP contribution in [0, 0.1) is 0 Å². The number of hydrogen-bond donors (Lipinski definition) is 1. The molecule has 0 fully saturated rings. The van der Waals surface area contributed by atoms with Crippen LogP contribution in [-0.2, 0) is 7.05 Å². The Balaban J connectivity index is 1.91. The molecule has 3 heterocycles. The largest absolute Gasteiger partial charge is 0.296 e. The molecule has 1 amide bonds. The monoisotopic (exact) mass is 348 g/mol. The fourth-order valence-corrected chi connectivity index (χ4v) is 2.87. The quantitative estimate of drug-likeness (QED) is 0.562. The molecule has 4 aromatic rings. The summed E-state index contributed by atoms with van der Waals surface area (Å²) in [5.74, 6) is -0.435. The fourth-order valence-electron chi connectivity index (χ4n) is 2.87. The van der Waals surface area contributed by atoms with Crippen LogP contribution in [0.5, 0.6) is 0 Å². The number of rotatable bonds is 2. The number of aromatic amines is 1. The van der Waals surface area contributed by atoms with Crippen molar-refractivity contribution in [2.24, 2.45) is 12.0 Å². The number of carbonyl (C=O) groups excluding carboxylic acids is 1. The van der Waals surface area contributed by atoms with Crippen LogP contribution in [0.1, 0.15) is 24.2 Å². The minimum absolute atomic E-state index is 0.257. The third-order valence-corrected chi connectivity index (χ3v) is 4.10. The van der Waals surface area contributed by atoms with E-state index in [1.165, 1.54) is 16.8 Å². The first-order chi connectivity index (χ1) is 12.4. The lowest BCUT2D eigenvalue weighted by Gasteiger charge is -2.03. The van der Waals surface area contributed by atoms with E-state index in [-0.39, 0.29) is 16.8 Å². The number of aromatic nitrogens is 5. The average molecular weight is 348 g/mol. The van der Waals surface area contributed by atoms with Crippen LogP contribution in [0.3, 0.4) is 0 Å². The van der Waals surface area contributed by atoms with Gasteiger partial charge >= 0.3 is 0 Å². The van der Waals surface area contributed by atoms with Gasteiger partial charge in [-0.15, -0.1) is 0 Å². The first-order valence-corrected chi connectivity index (χ1v) is 8.03. The molecule has 4 rings (SSSR count). The zero-order valence-electron chi connectivity index (χ0n) is 14.5. The number of H-pyrrole nitrogens is 1. The summed E-state index contributed by atoms with van der Waals surface area (Å²) in [4.78, 5) is 33.2. The molecule has 0 bridgehead atoms. The van der Waals surface area contributed by atoms with Gasteiger partial charge in [0.05, 0.1) is 17.4 Å². The van der Waals surface area contributed by atoms with Crippen LogP contribution in [0.4, 0.5) is 0 Å². The number of hydrogen-bond acceptors (Lipinski definition) is 4. The summed E-state index contributed by atoms with van der Waals surface area (Å²) in [6.07, 6.45) is 3.21. The number of amides is 1. The van der Waals surface area contributed by atoms with Gasteiger partial charge in [0.25, 0.3) is 11.5 Å². The molecule has 0 aliphatic heterocycles. The molecule has 0 atom stereocenters. The molecule has 0 aliphatic rings. The maximum Gasteiger partial charge on any atom is 0.282 e. The number of carbonyl (C=O) groups is 1.